The highest BCUT2D eigenvalue weighted by molar-refractivity contribution is 5.48. The summed E-state index contributed by atoms with van der Waals surface area (Å²) in [6.07, 6.45) is 3.29. The standard InChI is InChI=1S/C15H17N3O/c1-16-15-12-8-5-9-13(12)17-14(18-15)10-19-11-6-3-2-4-7-11/h2-4,6-7H,5,8-10H2,1H3,(H,16,17,18). The van der Waals surface area contributed by atoms with Gasteiger partial charge < -0.3 is 10.1 Å². The third-order valence-corrected chi connectivity index (χ3v) is 3.33. The summed E-state index contributed by atoms with van der Waals surface area (Å²) in [6.45, 7) is 0.409. The van der Waals surface area contributed by atoms with E-state index in [1.165, 1.54) is 17.7 Å². The van der Waals surface area contributed by atoms with Crippen LogP contribution >= 0.6 is 0 Å². The van der Waals surface area contributed by atoms with E-state index in [-0.39, 0.29) is 0 Å². The number of anilines is 1. The Morgan fingerprint density at radius 1 is 1.16 bits per heavy atom. The van der Waals surface area contributed by atoms with Crippen LogP contribution in [0, 0.1) is 0 Å². The zero-order chi connectivity index (χ0) is 13.1. The minimum Gasteiger partial charge on any atom is -0.486 e. The van der Waals surface area contributed by atoms with Gasteiger partial charge in [-0.1, -0.05) is 18.2 Å². The van der Waals surface area contributed by atoms with E-state index >= 15 is 0 Å². The predicted molar refractivity (Wildman–Crippen MR) is 74.4 cm³/mol. The molecular formula is C15H17N3O. The van der Waals surface area contributed by atoms with Crippen LogP contribution < -0.4 is 10.1 Å². The maximum atomic E-state index is 5.70. The number of para-hydroxylation sites is 1. The SMILES string of the molecule is CNc1nc(COc2ccccc2)nc2c1CCC2. The summed E-state index contributed by atoms with van der Waals surface area (Å²) in [6, 6.07) is 9.76. The van der Waals surface area contributed by atoms with Gasteiger partial charge in [-0.2, -0.15) is 0 Å². The number of nitrogens with zero attached hydrogens (tertiary/aromatic N) is 2. The topological polar surface area (TPSA) is 47.0 Å². The van der Waals surface area contributed by atoms with Crippen molar-refractivity contribution < 1.29 is 4.74 Å². The van der Waals surface area contributed by atoms with Crippen LogP contribution in [0.4, 0.5) is 5.82 Å². The molecule has 1 heterocycles. The Labute approximate surface area is 112 Å². The maximum Gasteiger partial charge on any atom is 0.168 e. The van der Waals surface area contributed by atoms with E-state index in [2.05, 4.69) is 15.3 Å². The Bertz CT molecular complexity index is 569. The largest absolute Gasteiger partial charge is 0.486 e. The van der Waals surface area contributed by atoms with Crippen molar-refractivity contribution in [3.63, 3.8) is 0 Å². The first-order valence-electron chi connectivity index (χ1n) is 6.61. The lowest BCUT2D eigenvalue weighted by atomic mass is 10.2. The van der Waals surface area contributed by atoms with Gasteiger partial charge in [-0.3, -0.25) is 0 Å². The number of ether oxygens (including phenoxy) is 1. The number of benzene rings is 1. The Morgan fingerprint density at radius 3 is 2.79 bits per heavy atom. The van der Waals surface area contributed by atoms with Gasteiger partial charge in [0.15, 0.2) is 5.82 Å². The van der Waals surface area contributed by atoms with Crippen molar-refractivity contribution in [2.75, 3.05) is 12.4 Å². The number of hydrogen-bond acceptors (Lipinski definition) is 4. The second-order valence-corrected chi connectivity index (χ2v) is 4.62. The van der Waals surface area contributed by atoms with Crippen molar-refractivity contribution in [2.45, 2.75) is 25.9 Å². The highest BCUT2D eigenvalue weighted by Crippen LogP contribution is 2.26. The smallest absolute Gasteiger partial charge is 0.168 e. The highest BCUT2D eigenvalue weighted by Gasteiger charge is 2.18. The highest BCUT2D eigenvalue weighted by atomic mass is 16.5. The van der Waals surface area contributed by atoms with Crippen LogP contribution in [0.3, 0.4) is 0 Å². The first-order valence-corrected chi connectivity index (χ1v) is 6.61. The molecule has 98 valence electrons. The second kappa shape index (κ2) is 5.26. The van der Waals surface area contributed by atoms with Gasteiger partial charge in [-0.05, 0) is 31.4 Å². The number of fused-ring (bicyclic) bond motifs is 1. The molecule has 1 aromatic heterocycles. The minimum atomic E-state index is 0.409. The van der Waals surface area contributed by atoms with Crippen molar-refractivity contribution in [2.24, 2.45) is 0 Å². The number of rotatable bonds is 4. The fraction of sp³-hybridized carbons (Fsp3) is 0.333. The van der Waals surface area contributed by atoms with Gasteiger partial charge in [0.25, 0.3) is 0 Å². The lowest BCUT2D eigenvalue weighted by Gasteiger charge is -2.10. The monoisotopic (exact) mass is 255 g/mol. The summed E-state index contributed by atoms with van der Waals surface area (Å²) in [5.74, 6) is 2.54. The molecule has 2 aromatic rings. The summed E-state index contributed by atoms with van der Waals surface area (Å²) in [5.41, 5.74) is 2.44. The summed E-state index contributed by atoms with van der Waals surface area (Å²) in [7, 11) is 1.91. The normalized spacial score (nSPS) is 13.1. The van der Waals surface area contributed by atoms with Gasteiger partial charge in [0.05, 0.1) is 0 Å². The zero-order valence-corrected chi connectivity index (χ0v) is 11.0. The summed E-state index contributed by atoms with van der Waals surface area (Å²) >= 11 is 0. The molecule has 1 aliphatic rings. The molecule has 0 atom stereocenters. The van der Waals surface area contributed by atoms with E-state index in [4.69, 9.17) is 4.74 Å². The lowest BCUT2D eigenvalue weighted by molar-refractivity contribution is 0.295. The Balaban J connectivity index is 1.78. The molecule has 1 N–H and O–H groups in total. The van der Waals surface area contributed by atoms with E-state index in [1.54, 1.807) is 0 Å². The summed E-state index contributed by atoms with van der Waals surface area (Å²) in [5, 5.41) is 3.16. The van der Waals surface area contributed by atoms with Gasteiger partial charge in [0.2, 0.25) is 0 Å². The van der Waals surface area contributed by atoms with E-state index in [1.807, 2.05) is 37.4 Å². The average molecular weight is 255 g/mol. The Hall–Kier alpha value is -2.10. The first-order chi connectivity index (χ1) is 9.36. The number of aryl methyl sites for hydroxylation is 1. The van der Waals surface area contributed by atoms with Crippen LogP contribution in [0.15, 0.2) is 30.3 Å². The molecule has 0 fully saturated rings. The number of aromatic nitrogens is 2. The van der Waals surface area contributed by atoms with Gasteiger partial charge in [-0.15, -0.1) is 0 Å². The van der Waals surface area contributed by atoms with Crippen LogP contribution in [0.5, 0.6) is 5.75 Å². The molecule has 4 nitrogen and oxygen atoms in total. The molecule has 0 spiro atoms. The summed E-state index contributed by atoms with van der Waals surface area (Å²) < 4.78 is 5.70. The fourth-order valence-electron chi connectivity index (χ4n) is 2.42. The van der Waals surface area contributed by atoms with Crippen molar-refractivity contribution in [3.05, 3.63) is 47.4 Å². The fourth-order valence-corrected chi connectivity index (χ4v) is 2.42. The molecular weight excluding hydrogens is 238 g/mol. The molecule has 1 aromatic carbocycles. The van der Waals surface area contributed by atoms with E-state index < -0.39 is 0 Å². The van der Waals surface area contributed by atoms with Crippen LogP contribution in [-0.2, 0) is 19.4 Å². The molecule has 4 heteroatoms. The maximum absolute atomic E-state index is 5.70. The molecule has 0 radical (unpaired) electrons. The predicted octanol–water partition coefficient (Wildman–Crippen LogP) is 2.59. The molecule has 0 bridgehead atoms. The third kappa shape index (κ3) is 2.52. The molecule has 3 rings (SSSR count). The van der Waals surface area contributed by atoms with Crippen LogP contribution in [0.1, 0.15) is 23.5 Å². The van der Waals surface area contributed by atoms with E-state index in [0.717, 1.165) is 30.2 Å². The molecule has 0 saturated heterocycles. The van der Waals surface area contributed by atoms with E-state index in [9.17, 15) is 0 Å². The van der Waals surface area contributed by atoms with Crippen molar-refractivity contribution in [3.8, 4) is 5.75 Å². The third-order valence-electron chi connectivity index (χ3n) is 3.33. The quantitative estimate of drug-likeness (QED) is 0.912. The van der Waals surface area contributed by atoms with Crippen LogP contribution in [0.2, 0.25) is 0 Å². The second-order valence-electron chi connectivity index (χ2n) is 4.62. The number of hydrogen-bond donors (Lipinski definition) is 1. The van der Waals surface area contributed by atoms with Gasteiger partial charge in [-0.25, -0.2) is 9.97 Å². The average Bonchev–Trinajstić information content (AvgIpc) is 2.93. The van der Waals surface area contributed by atoms with Gasteiger partial charge in [0.1, 0.15) is 18.2 Å². The molecule has 0 saturated carbocycles. The lowest BCUT2D eigenvalue weighted by Crippen LogP contribution is -2.08. The minimum absolute atomic E-state index is 0.409. The van der Waals surface area contributed by atoms with E-state index in [0.29, 0.717) is 6.61 Å². The van der Waals surface area contributed by atoms with Crippen molar-refractivity contribution in [1.82, 2.24) is 9.97 Å². The summed E-state index contributed by atoms with van der Waals surface area (Å²) in [4.78, 5) is 9.13. The molecule has 0 amide bonds. The Morgan fingerprint density at radius 2 is 2.00 bits per heavy atom. The van der Waals surface area contributed by atoms with Crippen molar-refractivity contribution >= 4 is 5.82 Å². The van der Waals surface area contributed by atoms with Gasteiger partial charge >= 0.3 is 0 Å². The van der Waals surface area contributed by atoms with Crippen LogP contribution in [-0.4, -0.2) is 17.0 Å². The number of nitrogens with one attached hydrogen (secondary N) is 1. The Kier molecular flexibility index (Phi) is 3.31. The molecule has 0 unspecified atom stereocenters. The van der Waals surface area contributed by atoms with Gasteiger partial charge in [0, 0.05) is 18.3 Å². The first kappa shape index (κ1) is 12.0. The van der Waals surface area contributed by atoms with Crippen molar-refractivity contribution in [1.29, 1.82) is 0 Å². The molecule has 0 aliphatic heterocycles. The molecule has 19 heavy (non-hydrogen) atoms. The molecule has 1 aliphatic carbocycles. The zero-order valence-electron chi connectivity index (χ0n) is 11.0. The van der Waals surface area contributed by atoms with Crippen LogP contribution in [0.25, 0.3) is 0 Å².